The molecule has 1 heterocycles. The fourth-order valence-electron chi connectivity index (χ4n) is 2.22. The monoisotopic (exact) mass is 357 g/mol. The van der Waals surface area contributed by atoms with Gasteiger partial charge in [0.05, 0.1) is 7.11 Å². The number of ether oxygens (including phenoxy) is 1. The summed E-state index contributed by atoms with van der Waals surface area (Å²) in [6, 6.07) is 14.6. The van der Waals surface area contributed by atoms with Crippen molar-refractivity contribution < 1.29 is 9.53 Å². The van der Waals surface area contributed by atoms with Crippen molar-refractivity contribution >= 4 is 17.5 Å². The fraction of sp³-hybridized carbons (Fsp3) is 0.176. The zero-order valence-electron chi connectivity index (χ0n) is 13.5. The molecule has 25 heavy (non-hydrogen) atoms. The lowest BCUT2D eigenvalue weighted by molar-refractivity contribution is -0.122. The molecule has 0 saturated heterocycles. The minimum atomic E-state index is -0.210. The van der Waals surface area contributed by atoms with Crippen molar-refractivity contribution in [2.75, 3.05) is 7.11 Å². The number of carbonyl (C=O) groups is 1. The van der Waals surface area contributed by atoms with Gasteiger partial charge in [-0.2, -0.15) is 4.80 Å². The van der Waals surface area contributed by atoms with E-state index in [0.717, 1.165) is 16.9 Å². The molecule has 128 valence electrons. The summed E-state index contributed by atoms with van der Waals surface area (Å²) in [6.07, 6.45) is 0. The number of hydrogen-bond donors (Lipinski definition) is 1. The van der Waals surface area contributed by atoms with Gasteiger partial charge in [-0.05, 0) is 35.0 Å². The van der Waals surface area contributed by atoms with Crippen LogP contribution in [0.4, 0.5) is 0 Å². The molecule has 0 spiro atoms. The van der Waals surface area contributed by atoms with Crippen molar-refractivity contribution in [2.45, 2.75) is 13.1 Å². The quantitative estimate of drug-likeness (QED) is 0.732. The van der Waals surface area contributed by atoms with Crippen LogP contribution in [0.25, 0.3) is 11.4 Å². The third kappa shape index (κ3) is 4.54. The molecular weight excluding hydrogens is 342 g/mol. The SMILES string of the molecule is COc1cccc(CNC(=O)Cn2nnc(-c3cccc(Cl)c3)n2)c1. The maximum absolute atomic E-state index is 12.0. The number of carbonyl (C=O) groups excluding carboxylic acids is 1. The van der Waals surface area contributed by atoms with Gasteiger partial charge in [0, 0.05) is 17.1 Å². The zero-order chi connectivity index (χ0) is 17.6. The molecule has 0 saturated carbocycles. The molecule has 1 N–H and O–H groups in total. The lowest BCUT2D eigenvalue weighted by Gasteiger charge is -2.06. The van der Waals surface area contributed by atoms with Gasteiger partial charge in [0.25, 0.3) is 0 Å². The third-order valence-corrected chi connectivity index (χ3v) is 3.68. The summed E-state index contributed by atoms with van der Waals surface area (Å²) >= 11 is 5.95. The summed E-state index contributed by atoms with van der Waals surface area (Å²) in [6.45, 7) is 0.378. The van der Waals surface area contributed by atoms with Crippen LogP contribution < -0.4 is 10.1 Å². The number of rotatable bonds is 6. The van der Waals surface area contributed by atoms with E-state index in [1.807, 2.05) is 30.3 Å². The lowest BCUT2D eigenvalue weighted by atomic mass is 10.2. The van der Waals surface area contributed by atoms with Crippen LogP contribution in [0.15, 0.2) is 48.5 Å². The zero-order valence-corrected chi connectivity index (χ0v) is 14.3. The van der Waals surface area contributed by atoms with E-state index in [1.165, 1.54) is 4.80 Å². The second-order valence-electron chi connectivity index (χ2n) is 5.28. The third-order valence-electron chi connectivity index (χ3n) is 3.44. The average Bonchev–Trinajstić information content (AvgIpc) is 3.08. The van der Waals surface area contributed by atoms with E-state index in [4.69, 9.17) is 16.3 Å². The average molecular weight is 358 g/mol. The van der Waals surface area contributed by atoms with Gasteiger partial charge in [0.1, 0.15) is 12.3 Å². The van der Waals surface area contributed by atoms with Crippen LogP contribution in [0.3, 0.4) is 0 Å². The lowest BCUT2D eigenvalue weighted by Crippen LogP contribution is -2.28. The van der Waals surface area contributed by atoms with E-state index < -0.39 is 0 Å². The predicted molar refractivity (Wildman–Crippen MR) is 93.1 cm³/mol. The van der Waals surface area contributed by atoms with Gasteiger partial charge >= 0.3 is 0 Å². The van der Waals surface area contributed by atoms with Gasteiger partial charge in [0.2, 0.25) is 11.7 Å². The number of benzene rings is 2. The Labute approximate surface area is 149 Å². The molecule has 1 aromatic heterocycles. The number of tetrazole rings is 1. The molecule has 0 aliphatic heterocycles. The van der Waals surface area contributed by atoms with Gasteiger partial charge in [-0.25, -0.2) is 0 Å². The maximum atomic E-state index is 12.0. The number of amides is 1. The number of hydrogen-bond acceptors (Lipinski definition) is 5. The van der Waals surface area contributed by atoms with Crippen LogP contribution in [0.1, 0.15) is 5.56 Å². The summed E-state index contributed by atoms with van der Waals surface area (Å²) in [5.74, 6) is 0.955. The highest BCUT2D eigenvalue weighted by Gasteiger charge is 2.09. The molecule has 7 nitrogen and oxygen atoms in total. The van der Waals surface area contributed by atoms with Gasteiger partial charge in [-0.3, -0.25) is 4.79 Å². The second-order valence-corrected chi connectivity index (χ2v) is 5.72. The summed E-state index contributed by atoms with van der Waals surface area (Å²) < 4.78 is 5.16. The Hall–Kier alpha value is -2.93. The highest BCUT2D eigenvalue weighted by atomic mass is 35.5. The molecule has 3 rings (SSSR count). The first kappa shape index (κ1) is 16.9. The second kappa shape index (κ2) is 7.76. The molecule has 8 heteroatoms. The van der Waals surface area contributed by atoms with Gasteiger partial charge < -0.3 is 10.1 Å². The molecule has 2 aromatic carbocycles. The van der Waals surface area contributed by atoms with E-state index in [2.05, 4.69) is 20.7 Å². The Morgan fingerprint density at radius 3 is 2.88 bits per heavy atom. The van der Waals surface area contributed by atoms with E-state index in [1.54, 1.807) is 25.3 Å². The molecular formula is C17H16ClN5O2. The maximum Gasteiger partial charge on any atom is 0.243 e. The standard InChI is InChI=1S/C17H16ClN5O2/c1-25-15-7-2-4-12(8-15)10-19-16(24)11-23-21-17(20-22-23)13-5-3-6-14(18)9-13/h2-9H,10-11H2,1H3,(H,19,24). The molecule has 0 radical (unpaired) electrons. The first-order valence-electron chi connectivity index (χ1n) is 7.57. The number of methoxy groups -OCH3 is 1. The summed E-state index contributed by atoms with van der Waals surface area (Å²) in [4.78, 5) is 13.3. The van der Waals surface area contributed by atoms with Crippen LogP contribution in [-0.2, 0) is 17.9 Å². The number of nitrogens with one attached hydrogen (secondary N) is 1. The van der Waals surface area contributed by atoms with Crippen LogP contribution in [0.2, 0.25) is 5.02 Å². The number of halogens is 1. The van der Waals surface area contributed by atoms with Gasteiger partial charge in [-0.1, -0.05) is 35.9 Å². The van der Waals surface area contributed by atoms with Crippen LogP contribution in [-0.4, -0.2) is 33.2 Å². The summed E-state index contributed by atoms with van der Waals surface area (Å²) in [7, 11) is 1.60. The van der Waals surface area contributed by atoms with Crippen molar-refractivity contribution in [3.63, 3.8) is 0 Å². The van der Waals surface area contributed by atoms with Crippen molar-refractivity contribution in [2.24, 2.45) is 0 Å². The molecule has 3 aromatic rings. The van der Waals surface area contributed by atoms with Crippen LogP contribution >= 0.6 is 11.6 Å². The number of nitrogens with zero attached hydrogens (tertiary/aromatic N) is 4. The van der Waals surface area contributed by atoms with Crippen molar-refractivity contribution in [1.29, 1.82) is 0 Å². The normalized spacial score (nSPS) is 10.5. The smallest absolute Gasteiger partial charge is 0.243 e. The number of aromatic nitrogens is 4. The molecule has 0 fully saturated rings. The van der Waals surface area contributed by atoms with Crippen molar-refractivity contribution in [3.8, 4) is 17.1 Å². The molecule has 0 aliphatic rings. The Kier molecular flexibility index (Phi) is 5.25. The minimum absolute atomic E-state index is 0.0163. The predicted octanol–water partition coefficient (Wildman–Crippen LogP) is 2.32. The first-order chi connectivity index (χ1) is 12.1. The Morgan fingerprint density at radius 2 is 2.08 bits per heavy atom. The summed E-state index contributed by atoms with van der Waals surface area (Å²) in [5.41, 5.74) is 1.69. The Balaban J connectivity index is 1.58. The first-order valence-corrected chi connectivity index (χ1v) is 7.95. The molecule has 0 atom stereocenters. The Morgan fingerprint density at radius 1 is 1.24 bits per heavy atom. The molecule has 0 aliphatic carbocycles. The van der Waals surface area contributed by atoms with E-state index >= 15 is 0 Å². The van der Waals surface area contributed by atoms with E-state index in [0.29, 0.717) is 17.4 Å². The highest BCUT2D eigenvalue weighted by molar-refractivity contribution is 6.30. The largest absolute Gasteiger partial charge is 0.497 e. The topological polar surface area (TPSA) is 81.9 Å². The fourth-order valence-corrected chi connectivity index (χ4v) is 2.41. The molecule has 1 amide bonds. The van der Waals surface area contributed by atoms with Gasteiger partial charge in [0.15, 0.2) is 0 Å². The van der Waals surface area contributed by atoms with Crippen LogP contribution in [0, 0.1) is 0 Å². The molecule has 0 unspecified atom stereocenters. The van der Waals surface area contributed by atoms with E-state index in [9.17, 15) is 4.79 Å². The molecule has 0 bridgehead atoms. The van der Waals surface area contributed by atoms with Gasteiger partial charge in [-0.15, -0.1) is 10.2 Å². The minimum Gasteiger partial charge on any atom is -0.497 e. The highest BCUT2D eigenvalue weighted by Crippen LogP contribution is 2.18. The summed E-state index contributed by atoms with van der Waals surface area (Å²) in [5, 5.41) is 15.4. The van der Waals surface area contributed by atoms with Crippen LogP contribution in [0.5, 0.6) is 5.75 Å². The van der Waals surface area contributed by atoms with E-state index in [-0.39, 0.29) is 12.5 Å². The van der Waals surface area contributed by atoms with Crippen molar-refractivity contribution in [3.05, 3.63) is 59.1 Å². The van der Waals surface area contributed by atoms with Crippen molar-refractivity contribution in [1.82, 2.24) is 25.5 Å². The Bertz CT molecular complexity index is 881.